The maximum absolute atomic E-state index is 13.5. The smallest absolute Gasteiger partial charge is 0.267 e. The zero-order chi connectivity index (χ0) is 14.9. The second-order valence-electron chi connectivity index (χ2n) is 4.22. The molecule has 1 aromatic carbocycles. The van der Waals surface area contributed by atoms with Crippen molar-refractivity contribution in [1.29, 1.82) is 0 Å². The quantitative estimate of drug-likeness (QED) is 0.690. The average Bonchev–Trinajstić information content (AvgIpc) is 2.70. The molecule has 7 nitrogen and oxygen atoms in total. The molecule has 1 heterocycles. The van der Waals surface area contributed by atoms with Crippen LogP contribution >= 0.6 is 11.8 Å². The van der Waals surface area contributed by atoms with Gasteiger partial charge in [0.2, 0.25) is 5.82 Å². The number of H-pyrrole nitrogens is 1. The highest BCUT2D eigenvalue weighted by Gasteiger charge is 2.23. The number of aromatic nitrogens is 3. The number of hydrogen-bond acceptors (Lipinski definition) is 5. The van der Waals surface area contributed by atoms with Crippen LogP contribution < -0.4 is 5.69 Å². The van der Waals surface area contributed by atoms with Crippen LogP contribution in [0.5, 0.6) is 0 Å². The predicted molar refractivity (Wildman–Crippen MR) is 70.4 cm³/mol. The summed E-state index contributed by atoms with van der Waals surface area (Å²) in [6.07, 6.45) is 0. The van der Waals surface area contributed by atoms with Crippen molar-refractivity contribution in [2.45, 2.75) is 29.9 Å². The Morgan fingerprint density at radius 3 is 2.80 bits per heavy atom. The molecule has 2 aromatic rings. The number of rotatable bonds is 4. The zero-order valence-corrected chi connectivity index (χ0v) is 11.5. The van der Waals surface area contributed by atoms with Crippen LogP contribution in [-0.4, -0.2) is 19.7 Å². The van der Waals surface area contributed by atoms with E-state index in [0.717, 1.165) is 17.8 Å². The Morgan fingerprint density at radius 2 is 2.20 bits per heavy atom. The number of benzene rings is 1. The number of aromatic amines is 1. The summed E-state index contributed by atoms with van der Waals surface area (Å²) in [5, 5.41) is 17.2. The Labute approximate surface area is 117 Å². The van der Waals surface area contributed by atoms with E-state index in [9.17, 15) is 19.3 Å². The lowest BCUT2D eigenvalue weighted by Gasteiger charge is -2.08. The maximum atomic E-state index is 13.5. The lowest BCUT2D eigenvalue weighted by molar-refractivity contribution is -0.390. The van der Waals surface area contributed by atoms with Crippen LogP contribution in [0.15, 0.2) is 33.0 Å². The summed E-state index contributed by atoms with van der Waals surface area (Å²) in [5.74, 6) is -0.922. The first-order chi connectivity index (χ1) is 9.41. The van der Waals surface area contributed by atoms with Crippen molar-refractivity contribution in [2.75, 3.05) is 0 Å². The molecule has 0 amide bonds. The van der Waals surface area contributed by atoms with E-state index in [4.69, 9.17) is 0 Å². The van der Waals surface area contributed by atoms with Gasteiger partial charge in [0.05, 0.1) is 9.82 Å². The summed E-state index contributed by atoms with van der Waals surface area (Å²) in [5.41, 5.74) is -1.04. The van der Waals surface area contributed by atoms with Gasteiger partial charge in [-0.3, -0.25) is 14.7 Å². The van der Waals surface area contributed by atoms with Crippen molar-refractivity contribution in [2.24, 2.45) is 0 Å². The summed E-state index contributed by atoms with van der Waals surface area (Å²) in [6, 6.07) is 3.63. The summed E-state index contributed by atoms with van der Waals surface area (Å²) in [4.78, 5) is 21.8. The first kappa shape index (κ1) is 14.3. The molecular formula is C11H11FN4O3S. The number of nitrogens with zero attached hydrogens (tertiary/aromatic N) is 3. The lowest BCUT2D eigenvalue weighted by Crippen LogP contribution is -2.19. The van der Waals surface area contributed by atoms with Crippen molar-refractivity contribution >= 4 is 17.4 Å². The average molecular weight is 298 g/mol. The van der Waals surface area contributed by atoms with Crippen LogP contribution in [0.1, 0.15) is 19.9 Å². The fraction of sp³-hybridized carbons (Fsp3) is 0.273. The standard InChI is InChI=1S/C11H11FN4O3S/c1-6(2)15-10(17)13-14-11(15)20-8-5-3-4-7(12)9(8)16(18)19/h3-6H,1-2H3,(H,13,17). The van der Waals surface area contributed by atoms with E-state index < -0.39 is 22.1 Å². The van der Waals surface area contributed by atoms with Crippen molar-refractivity contribution < 1.29 is 9.31 Å². The summed E-state index contributed by atoms with van der Waals surface area (Å²) in [6.45, 7) is 3.56. The van der Waals surface area contributed by atoms with E-state index in [1.54, 1.807) is 13.8 Å². The third-order valence-corrected chi connectivity index (χ3v) is 3.54. The topological polar surface area (TPSA) is 93.8 Å². The summed E-state index contributed by atoms with van der Waals surface area (Å²) >= 11 is 0.871. The maximum Gasteiger partial charge on any atom is 0.344 e. The second kappa shape index (κ2) is 5.45. The number of nitro groups is 1. The van der Waals surface area contributed by atoms with Crippen molar-refractivity contribution in [3.63, 3.8) is 0 Å². The summed E-state index contributed by atoms with van der Waals surface area (Å²) in [7, 11) is 0. The molecule has 0 bridgehead atoms. The van der Waals surface area contributed by atoms with Gasteiger partial charge in [-0.25, -0.2) is 9.89 Å². The van der Waals surface area contributed by atoms with Gasteiger partial charge < -0.3 is 0 Å². The lowest BCUT2D eigenvalue weighted by atomic mass is 10.3. The van der Waals surface area contributed by atoms with Gasteiger partial charge in [-0.1, -0.05) is 6.07 Å². The Morgan fingerprint density at radius 1 is 1.50 bits per heavy atom. The highest BCUT2D eigenvalue weighted by molar-refractivity contribution is 7.99. The largest absolute Gasteiger partial charge is 0.344 e. The van der Waals surface area contributed by atoms with Gasteiger partial charge in [0.25, 0.3) is 0 Å². The molecule has 0 fully saturated rings. The van der Waals surface area contributed by atoms with E-state index in [1.165, 1.54) is 16.7 Å². The molecule has 0 saturated heterocycles. The number of nitro benzene ring substituents is 1. The molecule has 9 heteroatoms. The molecule has 0 unspecified atom stereocenters. The van der Waals surface area contributed by atoms with Gasteiger partial charge >= 0.3 is 11.4 Å². The minimum absolute atomic E-state index is 0.0934. The van der Waals surface area contributed by atoms with Crippen molar-refractivity contribution in [3.8, 4) is 0 Å². The van der Waals surface area contributed by atoms with Gasteiger partial charge in [0.15, 0.2) is 5.16 Å². The normalized spacial score (nSPS) is 11.0. The Kier molecular flexibility index (Phi) is 3.89. The van der Waals surface area contributed by atoms with Gasteiger partial charge in [-0.2, -0.15) is 4.39 Å². The molecule has 2 rings (SSSR count). The molecule has 0 aliphatic carbocycles. The van der Waals surface area contributed by atoms with Crippen LogP contribution in [0.2, 0.25) is 0 Å². The Balaban J connectivity index is 2.49. The summed E-state index contributed by atoms with van der Waals surface area (Å²) < 4.78 is 14.9. The van der Waals surface area contributed by atoms with Crippen LogP contribution in [0.3, 0.4) is 0 Å². The molecule has 1 aromatic heterocycles. The molecular weight excluding hydrogens is 287 g/mol. The van der Waals surface area contributed by atoms with Crippen LogP contribution in [-0.2, 0) is 0 Å². The number of hydrogen-bond donors (Lipinski definition) is 1. The molecule has 0 saturated carbocycles. The minimum Gasteiger partial charge on any atom is -0.267 e. The number of halogens is 1. The molecule has 20 heavy (non-hydrogen) atoms. The second-order valence-corrected chi connectivity index (χ2v) is 5.23. The van der Waals surface area contributed by atoms with Crippen LogP contribution in [0, 0.1) is 15.9 Å². The third kappa shape index (κ3) is 2.57. The van der Waals surface area contributed by atoms with Gasteiger partial charge in [-0.05, 0) is 37.7 Å². The fourth-order valence-electron chi connectivity index (χ4n) is 1.67. The first-order valence-corrected chi connectivity index (χ1v) is 6.51. The molecule has 106 valence electrons. The fourth-order valence-corrected chi connectivity index (χ4v) is 2.77. The van der Waals surface area contributed by atoms with E-state index in [0.29, 0.717) is 0 Å². The van der Waals surface area contributed by atoms with Gasteiger partial charge in [0.1, 0.15) is 0 Å². The van der Waals surface area contributed by atoms with Crippen molar-refractivity contribution in [1.82, 2.24) is 14.8 Å². The highest BCUT2D eigenvalue weighted by Crippen LogP contribution is 2.35. The molecule has 0 atom stereocenters. The molecule has 1 N–H and O–H groups in total. The first-order valence-electron chi connectivity index (χ1n) is 5.69. The SMILES string of the molecule is CC(C)n1c(Sc2cccc(F)c2[N+](=O)[O-])n[nH]c1=O. The van der Waals surface area contributed by atoms with E-state index >= 15 is 0 Å². The monoisotopic (exact) mass is 298 g/mol. The van der Waals surface area contributed by atoms with Gasteiger partial charge in [-0.15, -0.1) is 5.10 Å². The predicted octanol–water partition coefficient (Wildman–Crippen LogP) is 2.35. The Bertz CT molecular complexity index is 710. The zero-order valence-electron chi connectivity index (χ0n) is 10.7. The molecule has 0 radical (unpaired) electrons. The van der Waals surface area contributed by atoms with Gasteiger partial charge in [0, 0.05) is 6.04 Å². The molecule has 0 aliphatic heterocycles. The highest BCUT2D eigenvalue weighted by atomic mass is 32.2. The molecule has 0 spiro atoms. The number of para-hydroxylation sites is 1. The van der Waals surface area contributed by atoms with Crippen LogP contribution in [0.25, 0.3) is 0 Å². The minimum atomic E-state index is -0.922. The molecule has 0 aliphatic rings. The number of nitrogens with one attached hydrogen (secondary N) is 1. The van der Waals surface area contributed by atoms with E-state index in [2.05, 4.69) is 10.2 Å². The van der Waals surface area contributed by atoms with Crippen molar-refractivity contribution in [3.05, 3.63) is 44.6 Å². The Hall–Kier alpha value is -2.16. The third-order valence-electron chi connectivity index (χ3n) is 2.52. The van der Waals surface area contributed by atoms with E-state index in [-0.39, 0.29) is 16.1 Å². The van der Waals surface area contributed by atoms with E-state index in [1.807, 2.05) is 0 Å². The van der Waals surface area contributed by atoms with Crippen LogP contribution in [0.4, 0.5) is 10.1 Å².